The summed E-state index contributed by atoms with van der Waals surface area (Å²) in [4.78, 5) is 12.0. The lowest BCUT2D eigenvalue weighted by Gasteiger charge is -2.66. The van der Waals surface area contributed by atoms with Gasteiger partial charge in [0.25, 0.3) is 0 Å². The number of hydrogen-bond acceptors (Lipinski definition) is 8. The average Bonchev–Trinajstić information content (AvgIpc) is 3.35. The Morgan fingerprint density at radius 3 is 2.19 bits per heavy atom. The first kappa shape index (κ1) is 34.0. The van der Waals surface area contributed by atoms with E-state index in [2.05, 4.69) is 27.7 Å². The Morgan fingerprint density at radius 1 is 0.881 bits per heavy atom. The summed E-state index contributed by atoms with van der Waals surface area (Å²) in [5.74, 6) is 1.36. The fraction of sp³-hybridized carbons (Fsp3) is 0.970. The smallest absolute Gasteiger partial charge is 0.340 e. The van der Waals surface area contributed by atoms with Gasteiger partial charge in [-0.2, -0.15) is 0 Å². The molecule has 0 unspecified atom stereocenters. The van der Waals surface area contributed by atoms with Gasteiger partial charge in [-0.25, -0.2) is 9.18 Å². The Morgan fingerprint density at radius 2 is 1.55 bits per heavy atom. The minimum absolute atomic E-state index is 0.0000849. The number of methoxy groups -OCH3 is 4. The lowest BCUT2D eigenvalue weighted by molar-refractivity contribution is -0.267. The molecule has 8 nitrogen and oxygen atoms in total. The van der Waals surface area contributed by atoms with Crippen LogP contribution in [0, 0.1) is 52.3 Å². The molecule has 0 amide bonds. The average molecular weight is 601 g/mol. The van der Waals surface area contributed by atoms with Crippen LogP contribution in [0.5, 0.6) is 0 Å². The summed E-state index contributed by atoms with van der Waals surface area (Å²) in [6.45, 7) is 10.1. The van der Waals surface area contributed by atoms with E-state index in [0.717, 1.165) is 44.9 Å². The third-order valence-corrected chi connectivity index (χ3v) is 12.4. The molecule has 0 heterocycles. The molecule has 0 saturated heterocycles. The highest BCUT2D eigenvalue weighted by atomic mass is 19.1. The molecule has 0 N–H and O–H groups in total. The maximum atomic E-state index is 14.9. The highest BCUT2D eigenvalue weighted by Gasteiger charge is 2.68. The lowest BCUT2D eigenvalue weighted by atomic mass is 9.40. The lowest BCUT2D eigenvalue weighted by Crippen LogP contribution is -2.66. The molecule has 0 aromatic carbocycles. The van der Waals surface area contributed by atoms with Gasteiger partial charge in [-0.1, -0.05) is 34.1 Å². The highest BCUT2D eigenvalue weighted by Crippen LogP contribution is 2.70. The van der Waals surface area contributed by atoms with Crippen molar-refractivity contribution in [3.05, 3.63) is 0 Å². The Bertz CT molecular complexity index is 875. The van der Waals surface area contributed by atoms with Gasteiger partial charge in [0, 0.05) is 26.7 Å². The van der Waals surface area contributed by atoms with E-state index in [1.54, 1.807) is 21.3 Å². The van der Waals surface area contributed by atoms with Gasteiger partial charge in [-0.15, -0.1) is 0 Å². The first-order valence-corrected chi connectivity index (χ1v) is 16.2. The van der Waals surface area contributed by atoms with Crippen LogP contribution in [0.25, 0.3) is 0 Å². The second kappa shape index (κ2) is 14.5. The number of fused-ring (bicyclic) bond motifs is 5. The Kier molecular flexibility index (Phi) is 11.8. The molecule has 0 aliphatic heterocycles. The molecular weight excluding hydrogens is 543 g/mol. The molecule has 4 aliphatic carbocycles. The molecular formula is C33H57FO8. The summed E-state index contributed by atoms with van der Waals surface area (Å²) >= 11 is 0. The quantitative estimate of drug-likeness (QED) is 0.177. The third kappa shape index (κ3) is 6.17. The van der Waals surface area contributed by atoms with Gasteiger partial charge in [0.15, 0.2) is 6.17 Å². The van der Waals surface area contributed by atoms with Gasteiger partial charge in [0.2, 0.25) is 0 Å². The molecule has 0 aromatic heterocycles. The number of alkyl halides is 1. The molecule has 0 radical (unpaired) electrons. The summed E-state index contributed by atoms with van der Waals surface area (Å²) in [6.07, 6.45) is 5.86. The number of carbonyl (C=O) groups excluding carboxylic acids is 1. The monoisotopic (exact) mass is 600 g/mol. The van der Waals surface area contributed by atoms with Crippen LogP contribution in [-0.4, -0.2) is 79.3 Å². The van der Waals surface area contributed by atoms with Crippen LogP contribution in [0.4, 0.5) is 4.39 Å². The zero-order valence-corrected chi connectivity index (χ0v) is 27.3. The van der Waals surface area contributed by atoms with Crippen molar-refractivity contribution in [2.75, 3.05) is 48.8 Å². The molecule has 4 rings (SSSR count). The van der Waals surface area contributed by atoms with Crippen LogP contribution in [0.3, 0.4) is 0 Å². The number of hydrogen-bond donors (Lipinski definition) is 0. The number of halogens is 1. The third-order valence-electron chi connectivity index (χ3n) is 12.4. The molecule has 42 heavy (non-hydrogen) atoms. The zero-order chi connectivity index (χ0) is 30.7. The van der Waals surface area contributed by atoms with E-state index in [0.29, 0.717) is 36.4 Å². The molecule has 0 bridgehead atoms. The number of esters is 1. The molecule has 4 saturated carbocycles. The summed E-state index contributed by atoms with van der Waals surface area (Å²) in [7, 11) is 6.30. The molecule has 13 atom stereocenters. The summed E-state index contributed by atoms with van der Waals surface area (Å²) in [5.41, 5.74) is -0.0796. The molecule has 4 fully saturated rings. The van der Waals surface area contributed by atoms with Crippen molar-refractivity contribution in [3.63, 3.8) is 0 Å². The van der Waals surface area contributed by atoms with Crippen molar-refractivity contribution in [1.29, 1.82) is 0 Å². The van der Waals surface area contributed by atoms with Crippen LogP contribution in [-0.2, 0) is 38.0 Å². The van der Waals surface area contributed by atoms with Crippen LogP contribution >= 0.6 is 0 Å². The fourth-order valence-corrected chi connectivity index (χ4v) is 10.6. The van der Waals surface area contributed by atoms with Gasteiger partial charge in [-0.3, -0.25) is 0 Å². The summed E-state index contributed by atoms with van der Waals surface area (Å²) in [6, 6.07) is 0. The van der Waals surface area contributed by atoms with E-state index < -0.39 is 12.1 Å². The Balaban J connectivity index is 1.72. The van der Waals surface area contributed by atoms with Crippen molar-refractivity contribution in [2.45, 2.75) is 104 Å². The van der Waals surface area contributed by atoms with Crippen LogP contribution < -0.4 is 0 Å². The second-order valence-electron chi connectivity index (χ2n) is 14.0. The van der Waals surface area contributed by atoms with Crippen LogP contribution in [0.2, 0.25) is 0 Å². The minimum atomic E-state index is -1.62. The van der Waals surface area contributed by atoms with E-state index in [1.807, 2.05) is 0 Å². The van der Waals surface area contributed by atoms with E-state index in [-0.39, 0.29) is 61.0 Å². The first-order valence-electron chi connectivity index (χ1n) is 16.2. The Hall–Kier alpha value is -0.840. The normalized spacial score (nSPS) is 42.7. The van der Waals surface area contributed by atoms with Gasteiger partial charge in [0.05, 0.1) is 25.4 Å². The molecule has 9 heteroatoms. The number of rotatable bonds is 14. The van der Waals surface area contributed by atoms with E-state index >= 15 is 0 Å². The maximum Gasteiger partial charge on any atom is 0.340 e. The van der Waals surface area contributed by atoms with E-state index in [1.165, 1.54) is 7.11 Å². The van der Waals surface area contributed by atoms with E-state index in [9.17, 15) is 9.18 Å². The first-order chi connectivity index (χ1) is 20.1. The second-order valence-corrected chi connectivity index (χ2v) is 14.0. The highest BCUT2D eigenvalue weighted by molar-refractivity contribution is 5.74. The molecule has 244 valence electrons. The van der Waals surface area contributed by atoms with E-state index in [4.69, 9.17) is 33.2 Å². The zero-order valence-electron chi connectivity index (χ0n) is 27.3. The van der Waals surface area contributed by atoms with Gasteiger partial charge in [0.1, 0.15) is 20.4 Å². The predicted molar refractivity (Wildman–Crippen MR) is 156 cm³/mol. The fourth-order valence-electron chi connectivity index (χ4n) is 10.6. The summed E-state index contributed by atoms with van der Waals surface area (Å²) < 4.78 is 55.3. The van der Waals surface area contributed by atoms with Crippen LogP contribution in [0.15, 0.2) is 0 Å². The van der Waals surface area contributed by atoms with Crippen molar-refractivity contribution in [3.8, 4) is 0 Å². The van der Waals surface area contributed by atoms with Crippen molar-refractivity contribution in [1.82, 2.24) is 0 Å². The topological polar surface area (TPSA) is 81.7 Å². The van der Waals surface area contributed by atoms with Gasteiger partial charge in [-0.05, 0) is 91.8 Å². The van der Waals surface area contributed by atoms with Gasteiger partial charge >= 0.3 is 5.97 Å². The van der Waals surface area contributed by atoms with Crippen molar-refractivity contribution >= 4 is 5.97 Å². The van der Waals surface area contributed by atoms with Gasteiger partial charge < -0.3 is 33.2 Å². The maximum absolute atomic E-state index is 14.9. The number of ether oxygens (including phenoxy) is 7. The summed E-state index contributed by atoms with van der Waals surface area (Å²) in [5, 5.41) is 0. The minimum Gasteiger partial charge on any atom is -0.467 e. The van der Waals surface area contributed by atoms with Crippen LogP contribution in [0.1, 0.15) is 79.1 Å². The SMILES string of the molecule is CC[C@H]1[C@@H](OCOC)[C@@H]2[C@H](C[C@H](OCOC)[C@]3(C)[C@@H]([C@H](C)C[C@@H](F)C(=O)OC)CC[C@@H]23)[C@@]2(C)CC[C@@H](OCOC)C[C@@H]12. The molecule has 0 aromatic rings. The van der Waals surface area contributed by atoms with Crippen molar-refractivity contribution in [2.24, 2.45) is 52.3 Å². The number of carbonyl (C=O) groups is 1. The largest absolute Gasteiger partial charge is 0.467 e. The molecule has 4 aliphatic rings. The predicted octanol–water partition coefficient (Wildman–Crippen LogP) is 6.01. The molecule has 0 spiro atoms. The Labute approximate surface area is 253 Å². The van der Waals surface area contributed by atoms with Crippen molar-refractivity contribution < 1.29 is 42.3 Å². The standard InChI is InChI=1S/C33H57FO8/c1-9-22-25-15-21(40-17-36-5)12-13-32(25,3)26-16-28(41-18-37-6)33(4)23(20(2)14-27(34)31(35)39-8)10-11-24(33)29(26)30(22)42-19-38-7/h20-30H,9-19H2,1-8H3/t20-,21-,22-,23-,24+,25+,26+,27-,28+,29+,30-,32+,33-/m1/s1.